The normalized spacial score (nSPS) is 12.4. The smallest absolute Gasteiger partial charge is 0.266 e. The van der Waals surface area contributed by atoms with Gasteiger partial charge in [-0.05, 0) is 156 Å². The Labute approximate surface area is 262 Å². The van der Waals surface area contributed by atoms with Gasteiger partial charge in [0, 0.05) is 24.8 Å². The van der Waals surface area contributed by atoms with Gasteiger partial charge < -0.3 is 0 Å². The topological polar surface area (TPSA) is 64.8 Å². The Balaban J connectivity index is 1.53. The molecule has 3 heterocycles. The van der Waals surface area contributed by atoms with Crippen LogP contribution in [0, 0.1) is 20.8 Å². The average Bonchev–Trinajstić information content (AvgIpc) is 3.57. The zero-order valence-corrected chi connectivity index (χ0v) is 25.4. The van der Waals surface area contributed by atoms with Gasteiger partial charge in [-0.1, -0.05) is 30.3 Å². The molecule has 0 aliphatic carbocycles. The maximum atomic E-state index is 14.8. The predicted octanol–water partition coefficient (Wildman–Crippen LogP) is 8.92. The standard InChI is InChI=1S/C41H25N3O2/c1-20-16-21(2)22(3)32(17-20)44-40(45)38-30-18-28(23-8-12-42-13-9-23)26-6-4-25-5-7-27-29(24-10-14-43-15-11-24)19-31(39(38)41(44)46)37-35(27)33(25)34(26)36(30)37/h4-19H,1-3H3. The first-order chi connectivity index (χ1) is 22.4. The number of aromatic nitrogens is 3. The summed E-state index contributed by atoms with van der Waals surface area (Å²) in [7, 11) is 0. The number of fused-ring (bicyclic) bond motifs is 3. The van der Waals surface area contributed by atoms with Crippen molar-refractivity contribution < 1.29 is 0 Å². The van der Waals surface area contributed by atoms with Gasteiger partial charge in [0.25, 0.3) is 11.1 Å². The minimum Gasteiger partial charge on any atom is -0.268 e. The lowest BCUT2D eigenvalue weighted by molar-refractivity contribution is 0.970. The molecule has 10 aromatic rings. The fourth-order valence-corrected chi connectivity index (χ4v) is 8.20. The van der Waals surface area contributed by atoms with Gasteiger partial charge in [0.05, 0.1) is 16.5 Å². The second-order valence-corrected chi connectivity index (χ2v) is 12.7. The molecular weight excluding hydrogens is 566 g/mol. The van der Waals surface area contributed by atoms with E-state index < -0.39 is 0 Å². The first-order valence-electron chi connectivity index (χ1n) is 15.5. The van der Waals surface area contributed by atoms with Crippen LogP contribution >= 0.6 is 0 Å². The summed E-state index contributed by atoms with van der Waals surface area (Å²) in [5.41, 5.74) is 7.16. The Hall–Kier alpha value is -5.94. The largest absolute Gasteiger partial charge is 0.268 e. The second kappa shape index (κ2) is 8.61. The van der Waals surface area contributed by atoms with E-state index in [9.17, 15) is 9.59 Å². The van der Waals surface area contributed by atoms with Gasteiger partial charge in [-0.25, -0.2) is 4.57 Å². The number of hydrogen-bond donors (Lipinski definition) is 0. The van der Waals surface area contributed by atoms with Crippen LogP contribution in [0.25, 0.3) is 92.6 Å². The van der Waals surface area contributed by atoms with E-state index in [1.165, 1.54) is 9.95 Å². The van der Waals surface area contributed by atoms with E-state index in [0.29, 0.717) is 16.5 Å². The molecule has 46 heavy (non-hydrogen) atoms. The summed E-state index contributed by atoms with van der Waals surface area (Å²) >= 11 is 0. The Morgan fingerprint density at radius 2 is 0.978 bits per heavy atom. The minimum absolute atomic E-state index is 0.274. The van der Waals surface area contributed by atoms with E-state index in [1.54, 1.807) is 24.8 Å². The van der Waals surface area contributed by atoms with Crippen LogP contribution in [0.5, 0.6) is 0 Å². The van der Waals surface area contributed by atoms with E-state index in [2.05, 4.69) is 52.4 Å². The lowest BCUT2D eigenvalue weighted by Gasteiger charge is -2.12. The third-order valence-corrected chi connectivity index (χ3v) is 10.3. The number of pyridine rings is 2. The van der Waals surface area contributed by atoms with E-state index in [-0.39, 0.29) is 11.1 Å². The highest BCUT2D eigenvalue weighted by molar-refractivity contribution is 6.50. The van der Waals surface area contributed by atoms with Gasteiger partial charge in [0.15, 0.2) is 0 Å². The summed E-state index contributed by atoms with van der Waals surface area (Å²) in [5, 5.41) is 11.6. The molecule has 3 aromatic heterocycles. The molecule has 0 fully saturated rings. The van der Waals surface area contributed by atoms with Crippen molar-refractivity contribution in [1.29, 1.82) is 0 Å². The molecule has 10 rings (SSSR count). The highest BCUT2D eigenvalue weighted by Crippen LogP contribution is 2.53. The summed E-state index contributed by atoms with van der Waals surface area (Å²) in [6.45, 7) is 6.02. The molecule has 0 atom stereocenters. The number of aryl methyl sites for hydroxylation is 2. The molecule has 0 amide bonds. The highest BCUT2D eigenvalue weighted by atomic mass is 16.2. The molecule has 0 aliphatic rings. The van der Waals surface area contributed by atoms with Crippen LogP contribution in [0.1, 0.15) is 16.7 Å². The molecule has 0 radical (unpaired) electrons. The summed E-state index contributed by atoms with van der Waals surface area (Å²) in [5.74, 6) is 0. The maximum absolute atomic E-state index is 14.8. The third kappa shape index (κ3) is 3.00. The van der Waals surface area contributed by atoms with E-state index in [4.69, 9.17) is 0 Å². The van der Waals surface area contributed by atoms with Crippen LogP contribution in [0.15, 0.2) is 107 Å². The number of benzene rings is 6. The van der Waals surface area contributed by atoms with Crippen molar-refractivity contribution in [2.24, 2.45) is 0 Å². The fourth-order valence-electron chi connectivity index (χ4n) is 8.20. The molecule has 7 aromatic carbocycles. The fraction of sp³-hybridized carbons (Fsp3) is 0.0732. The van der Waals surface area contributed by atoms with Crippen LogP contribution in [0.2, 0.25) is 0 Å². The van der Waals surface area contributed by atoms with Crippen LogP contribution in [0.4, 0.5) is 0 Å². The quantitative estimate of drug-likeness (QED) is 0.193. The lowest BCUT2D eigenvalue weighted by Crippen LogP contribution is -2.24. The molecule has 5 heteroatoms. The predicted molar refractivity (Wildman–Crippen MR) is 189 cm³/mol. The van der Waals surface area contributed by atoms with Crippen LogP contribution in [-0.2, 0) is 0 Å². The van der Waals surface area contributed by atoms with Crippen LogP contribution < -0.4 is 11.1 Å². The number of rotatable bonds is 3. The maximum Gasteiger partial charge on any atom is 0.266 e. The Morgan fingerprint density at radius 3 is 1.48 bits per heavy atom. The molecule has 0 spiro atoms. The molecule has 0 N–H and O–H groups in total. The molecule has 0 saturated heterocycles. The summed E-state index contributed by atoms with van der Waals surface area (Å²) in [4.78, 5) is 38.2. The van der Waals surface area contributed by atoms with Crippen molar-refractivity contribution in [1.82, 2.24) is 14.5 Å². The molecule has 0 bridgehead atoms. The minimum atomic E-state index is -0.274. The second-order valence-electron chi connectivity index (χ2n) is 12.7. The zero-order chi connectivity index (χ0) is 31.0. The molecular formula is C41H25N3O2. The average molecular weight is 592 g/mol. The van der Waals surface area contributed by atoms with Gasteiger partial charge in [-0.3, -0.25) is 19.6 Å². The SMILES string of the molecule is Cc1cc(C)c(C)c(-n2c(=O)c3c4cc(-c5ccncc5)c5ccc6ccc7c(-c8ccncc8)cc(c3c2=O)c2c7c6c5c42)c1. The lowest BCUT2D eigenvalue weighted by atomic mass is 9.89. The van der Waals surface area contributed by atoms with E-state index >= 15 is 0 Å². The van der Waals surface area contributed by atoms with Crippen molar-refractivity contribution in [3.63, 3.8) is 0 Å². The van der Waals surface area contributed by atoms with Gasteiger partial charge >= 0.3 is 0 Å². The van der Waals surface area contributed by atoms with Crippen molar-refractivity contribution in [3.8, 4) is 27.9 Å². The Bertz CT molecular complexity index is 2800. The zero-order valence-electron chi connectivity index (χ0n) is 25.4. The summed E-state index contributed by atoms with van der Waals surface area (Å²) < 4.78 is 1.42. The first-order valence-corrected chi connectivity index (χ1v) is 15.5. The van der Waals surface area contributed by atoms with E-state index in [1.807, 2.05) is 51.1 Å². The molecule has 5 nitrogen and oxygen atoms in total. The Morgan fingerprint density at radius 1 is 0.500 bits per heavy atom. The van der Waals surface area contributed by atoms with Crippen molar-refractivity contribution in [2.45, 2.75) is 20.8 Å². The molecule has 216 valence electrons. The van der Waals surface area contributed by atoms with Gasteiger partial charge in [-0.15, -0.1) is 0 Å². The Kier molecular flexibility index (Phi) is 4.75. The molecule has 0 unspecified atom stereocenters. The first kappa shape index (κ1) is 25.4. The van der Waals surface area contributed by atoms with Gasteiger partial charge in [0.1, 0.15) is 0 Å². The number of nitrogens with zero attached hydrogens (tertiary/aromatic N) is 3. The monoisotopic (exact) mass is 591 g/mol. The third-order valence-electron chi connectivity index (χ3n) is 10.3. The number of hydrogen-bond acceptors (Lipinski definition) is 4. The molecule has 0 aliphatic heterocycles. The van der Waals surface area contributed by atoms with Crippen molar-refractivity contribution in [2.75, 3.05) is 0 Å². The van der Waals surface area contributed by atoms with Gasteiger partial charge in [-0.2, -0.15) is 0 Å². The summed E-state index contributed by atoms with van der Waals surface area (Å²) in [6, 6.07) is 25.1. The van der Waals surface area contributed by atoms with Crippen molar-refractivity contribution in [3.05, 3.63) is 135 Å². The van der Waals surface area contributed by atoms with Gasteiger partial charge in [0.2, 0.25) is 0 Å². The summed E-state index contributed by atoms with van der Waals surface area (Å²) in [6.07, 6.45) is 7.19. The van der Waals surface area contributed by atoms with E-state index in [0.717, 1.165) is 87.4 Å². The van der Waals surface area contributed by atoms with Crippen LogP contribution in [0.3, 0.4) is 0 Å². The van der Waals surface area contributed by atoms with Crippen LogP contribution in [-0.4, -0.2) is 14.5 Å². The highest BCUT2D eigenvalue weighted by Gasteiger charge is 2.29. The van der Waals surface area contributed by atoms with Crippen molar-refractivity contribution >= 4 is 64.6 Å². The molecule has 0 saturated carbocycles.